The Balaban J connectivity index is 1.40. The Morgan fingerprint density at radius 3 is 3.04 bits per heavy atom. The second kappa shape index (κ2) is 6.98. The Hall–Kier alpha value is -2.18. The van der Waals surface area contributed by atoms with Crippen LogP contribution in [0, 0.1) is 0 Å². The van der Waals surface area contributed by atoms with Crippen molar-refractivity contribution in [3.63, 3.8) is 0 Å². The molecule has 1 saturated heterocycles. The van der Waals surface area contributed by atoms with Crippen molar-refractivity contribution < 1.29 is 4.79 Å². The van der Waals surface area contributed by atoms with Crippen molar-refractivity contribution in [2.75, 3.05) is 13.1 Å². The quantitative estimate of drug-likeness (QED) is 0.708. The van der Waals surface area contributed by atoms with Crippen LogP contribution in [0.1, 0.15) is 22.3 Å². The van der Waals surface area contributed by atoms with Crippen LogP contribution in [0.3, 0.4) is 0 Å². The largest absolute Gasteiger partial charge is 0.348 e. The van der Waals surface area contributed by atoms with Crippen molar-refractivity contribution >= 4 is 32.9 Å². The van der Waals surface area contributed by atoms with Crippen molar-refractivity contribution in [1.29, 1.82) is 0 Å². The maximum atomic E-state index is 12.7. The predicted molar refractivity (Wildman–Crippen MR) is 101 cm³/mol. The number of hydrogen-bond donors (Lipinski definition) is 2. The highest BCUT2D eigenvalue weighted by Crippen LogP contribution is 2.21. The first kappa shape index (κ1) is 16.3. The van der Waals surface area contributed by atoms with E-state index >= 15 is 0 Å². The second-order valence-corrected chi connectivity index (χ2v) is 7.35. The number of carbonyl (C=O) groups excluding carboxylic acids is 1. The minimum atomic E-state index is -0.0438. The molecule has 3 aromatic rings. The number of pyridine rings is 1. The number of rotatable bonds is 4. The van der Waals surface area contributed by atoms with Gasteiger partial charge in [-0.05, 0) is 34.0 Å². The molecule has 128 valence electrons. The highest BCUT2D eigenvalue weighted by Gasteiger charge is 2.25. The summed E-state index contributed by atoms with van der Waals surface area (Å²) >= 11 is 3.41. The molecule has 3 heterocycles. The van der Waals surface area contributed by atoms with E-state index in [1.807, 2.05) is 12.1 Å². The summed E-state index contributed by atoms with van der Waals surface area (Å²) in [5.41, 5.74) is 2.68. The van der Waals surface area contributed by atoms with E-state index in [2.05, 4.69) is 60.4 Å². The Labute approximate surface area is 154 Å². The van der Waals surface area contributed by atoms with Gasteiger partial charge in [0.2, 0.25) is 0 Å². The highest BCUT2D eigenvalue weighted by molar-refractivity contribution is 9.10. The first-order valence-electron chi connectivity index (χ1n) is 8.39. The molecule has 6 heteroatoms. The van der Waals surface area contributed by atoms with Gasteiger partial charge < -0.3 is 10.3 Å². The van der Waals surface area contributed by atoms with E-state index in [9.17, 15) is 4.79 Å². The summed E-state index contributed by atoms with van der Waals surface area (Å²) in [5.74, 6) is -0.0438. The lowest BCUT2D eigenvalue weighted by Gasteiger charge is -2.16. The summed E-state index contributed by atoms with van der Waals surface area (Å²) in [7, 11) is 0. The zero-order chi connectivity index (χ0) is 17.2. The maximum absolute atomic E-state index is 12.7. The standard InChI is InChI=1S/C19H19BrN4O/c20-14-8-16-17(10-22-18(16)21-9-14)19(25)23-15-6-7-24(12-15)11-13-4-2-1-3-5-13/h1-5,8-10,15H,6-7,11-12H2,(H,21,22)(H,23,25). The number of likely N-dealkylation sites (tertiary alicyclic amines) is 1. The highest BCUT2D eigenvalue weighted by atomic mass is 79.9. The van der Waals surface area contributed by atoms with Crippen molar-refractivity contribution in [2.45, 2.75) is 19.0 Å². The molecule has 1 amide bonds. The molecule has 1 fully saturated rings. The molecule has 5 nitrogen and oxygen atoms in total. The molecule has 25 heavy (non-hydrogen) atoms. The van der Waals surface area contributed by atoms with Crippen LogP contribution in [-0.2, 0) is 6.54 Å². The van der Waals surface area contributed by atoms with Crippen LogP contribution in [0.25, 0.3) is 11.0 Å². The van der Waals surface area contributed by atoms with Gasteiger partial charge >= 0.3 is 0 Å². The van der Waals surface area contributed by atoms with Gasteiger partial charge in [-0.15, -0.1) is 0 Å². The smallest absolute Gasteiger partial charge is 0.253 e. The molecule has 1 aliphatic rings. The van der Waals surface area contributed by atoms with Gasteiger partial charge in [0.05, 0.1) is 5.56 Å². The number of carbonyl (C=O) groups is 1. The molecule has 4 rings (SSSR count). The average Bonchev–Trinajstić information content (AvgIpc) is 3.22. The molecule has 0 bridgehead atoms. The maximum Gasteiger partial charge on any atom is 0.253 e. The van der Waals surface area contributed by atoms with Crippen molar-refractivity contribution in [1.82, 2.24) is 20.2 Å². The van der Waals surface area contributed by atoms with E-state index in [-0.39, 0.29) is 11.9 Å². The molecule has 2 N–H and O–H groups in total. The summed E-state index contributed by atoms with van der Waals surface area (Å²) in [6.07, 6.45) is 4.43. The number of fused-ring (bicyclic) bond motifs is 1. The fourth-order valence-electron chi connectivity index (χ4n) is 3.36. The topological polar surface area (TPSA) is 61.0 Å². The normalized spacial score (nSPS) is 17.9. The molecule has 0 spiro atoms. The van der Waals surface area contributed by atoms with E-state index in [4.69, 9.17) is 0 Å². The number of amides is 1. The van der Waals surface area contributed by atoms with Gasteiger partial charge in [-0.3, -0.25) is 9.69 Å². The molecule has 0 saturated carbocycles. The van der Waals surface area contributed by atoms with E-state index in [0.29, 0.717) is 5.56 Å². The number of hydrogen-bond acceptors (Lipinski definition) is 3. The zero-order valence-electron chi connectivity index (χ0n) is 13.7. The SMILES string of the molecule is O=C(NC1CCN(Cc2ccccc2)C1)c1c[nH]c2ncc(Br)cc12. The van der Waals surface area contributed by atoms with Crippen molar-refractivity contribution in [3.05, 3.63) is 64.4 Å². The van der Waals surface area contributed by atoms with E-state index < -0.39 is 0 Å². The summed E-state index contributed by atoms with van der Waals surface area (Å²) in [5, 5.41) is 4.00. The van der Waals surface area contributed by atoms with Crippen LogP contribution in [0.4, 0.5) is 0 Å². The third kappa shape index (κ3) is 3.60. The van der Waals surface area contributed by atoms with Gasteiger partial charge in [-0.2, -0.15) is 0 Å². The first-order chi connectivity index (χ1) is 12.2. The molecule has 0 aliphatic carbocycles. The summed E-state index contributed by atoms with van der Waals surface area (Å²) in [6.45, 7) is 2.81. The molecule has 1 aliphatic heterocycles. The number of nitrogens with zero attached hydrogens (tertiary/aromatic N) is 2. The molecule has 0 radical (unpaired) electrons. The number of nitrogens with one attached hydrogen (secondary N) is 2. The Kier molecular flexibility index (Phi) is 4.55. The van der Waals surface area contributed by atoms with Crippen molar-refractivity contribution in [3.8, 4) is 0 Å². The Bertz CT molecular complexity index is 893. The minimum absolute atomic E-state index is 0.0438. The number of benzene rings is 1. The molecule has 1 unspecified atom stereocenters. The summed E-state index contributed by atoms with van der Waals surface area (Å²) in [4.78, 5) is 22.4. The summed E-state index contributed by atoms with van der Waals surface area (Å²) < 4.78 is 0.864. The zero-order valence-corrected chi connectivity index (χ0v) is 15.3. The molecular weight excluding hydrogens is 380 g/mol. The van der Waals surface area contributed by atoms with Crippen LogP contribution in [0.2, 0.25) is 0 Å². The summed E-state index contributed by atoms with van der Waals surface area (Å²) in [6, 6.07) is 12.5. The van der Waals surface area contributed by atoms with Crippen LogP contribution in [0.5, 0.6) is 0 Å². The predicted octanol–water partition coefficient (Wildman–Crippen LogP) is 3.33. The van der Waals surface area contributed by atoms with Crippen LogP contribution >= 0.6 is 15.9 Å². The van der Waals surface area contributed by atoms with Gasteiger partial charge in [-0.1, -0.05) is 30.3 Å². The number of halogens is 1. The van der Waals surface area contributed by atoms with Gasteiger partial charge in [0, 0.05) is 47.9 Å². The lowest BCUT2D eigenvalue weighted by atomic mass is 10.2. The number of H-pyrrole nitrogens is 1. The van der Waals surface area contributed by atoms with E-state index in [1.54, 1.807) is 12.4 Å². The molecule has 1 aromatic carbocycles. The van der Waals surface area contributed by atoms with Crippen LogP contribution in [0.15, 0.2) is 53.3 Å². The Morgan fingerprint density at radius 1 is 1.36 bits per heavy atom. The fourth-order valence-corrected chi connectivity index (χ4v) is 3.70. The molecule has 2 aromatic heterocycles. The number of aromatic nitrogens is 2. The first-order valence-corrected chi connectivity index (χ1v) is 9.18. The third-order valence-corrected chi connectivity index (χ3v) is 5.03. The van der Waals surface area contributed by atoms with E-state index in [1.165, 1.54) is 5.56 Å². The van der Waals surface area contributed by atoms with Crippen LogP contribution in [-0.4, -0.2) is 39.9 Å². The van der Waals surface area contributed by atoms with Gasteiger partial charge in [0.25, 0.3) is 5.91 Å². The average molecular weight is 399 g/mol. The minimum Gasteiger partial charge on any atom is -0.348 e. The van der Waals surface area contributed by atoms with Crippen LogP contribution < -0.4 is 5.32 Å². The van der Waals surface area contributed by atoms with Gasteiger partial charge in [-0.25, -0.2) is 4.98 Å². The van der Waals surface area contributed by atoms with Crippen molar-refractivity contribution in [2.24, 2.45) is 0 Å². The lowest BCUT2D eigenvalue weighted by molar-refractivity contribution is 0.0939. The van der Waals surface area contributed by atoms with Gasteiger partial charge in [0.1, 0.15) is 5.65 Å². The number of aromatic amines is 1. The van der Waals surface area contributed by atoms with Gasteiger partial charge in [0.15, 0.2) is 0 Å². The third-order valence-electron chi connectivity index (χ3n) is 4.60. The Morgan fingerprint density at radius 2 is 2.20 bits per heavy atom. The molecular formula is C19H19BrN4O. The monoisotopic (exact) mass is 398 g/mol. The molecule has 1 atom stereocenters. The second-order valence-electron chi connectivity index (χ2n) is 6.43. The fraction of sp³-hybridized carbons (Fsp3) is 0.263. The lowest BCUT2D eigenvalue weighted by Crippen LogP contribution is -2.36. The van der Waals surface area contributed by atoms with E-state index in [0.717, 1.165) is 41.6 Å².